The Morgan fingerprint density at radius 2 is 1.86 bits per heavy atom. The van der Waals surface area contributed by atoms with E-state index in [2.05, 4.69) is 4.99 Å². The van der Waals surface area contributed by atoms with Crippen molar-refractivity contribution in [1.82, 2.24) is 0 Å². The molecular weight excluding hydrogens is 362 g/mol. The summed E-state index contributed by atoms with van der Waals surface area (Å²) >= 11 is 17.2. The second-order valence-electron chi connectivity index (χ2n) is 5.40. The van der Waals surface area contributed by atoms with Gasteiger partial charge in [0.2, 0.25) is 5.90 Å². The summed E-state index contributed by atoms with van der Waals surface area (Å²) in [7, 11) is 0. The normalized spacial score (nSPS) is 28.3. The molecule has 8 heteroatoms. The molecule has 0 amide bonds. The van der Waals surface area contributed by atoms with Gasteiger partial charge in [-0.1, -0.05) is 59.1 Å². The van der Waals surface area contributed by atoms with E-state index in [4.69, 9.17) is 39.5 Å². The molecule has 0 unspecified atom stereocenters. The Morgan fingerprint density at radius 1 is 1.18 bits per heavy atom. The van der Waals surface area contributed by atoms with Crippen LogP contribution in [0.25, 0.3) is 0 Å². The highest BCUT2D eigenvalue weighted by Crippen LogP contribution is 2.53. The fourth-order valence-corrected chi connectivity index (χ4v) is 3.49. The van der Waals surface area contributed by atoms with Gasteiger partial charge in [0.15, 0.2) is 5.60 Å². The molecule has 2 nitrogen and oxygen atoms in total. The number of rotatable bonds is 0. The monoisotopic (exact) mass is 371 g/mol. The van der Waals surface area contributed by atoms with Gasteiger partial charge in [0.1, 0.15) is 5.92 Å². The Kier molecular flexibility index (Phi) is 3.82. The summed E-state index contributed by atoms with van der Waals surface area (Å²) in [6.45, 7) is -0.211. The number of halogens is 6. The summed E-state index contributed by atoms with van der Waals surface area (Å²) in [6.07, 6.45) is -4.18. The van der Waals surface area contributed by atoms with Crippen molar-refractivity contribution in [2.75, 3.05) is 6.54 Å². The first-order chi connectivity index (χ1) is 10.1. The summed E-state index contributed by atoms with van der Waals surface area (Å²) in [5.74, 6) is -1.98. The predicted molar refractivity (Wildman–Crippen MR) is 79.7 cm³/mol. The average molecular weight is 373 g/mol. The minimum absolute atomic E-state index is 0.0802. The highest BCUT2D eigenvalue weighted by atomic mass is 35.6. The van der Waals surface area contributed by atoms with E-state index in [1.807, 2.05) is 0 Å². The summed E-state index contributed by atoms with van der Waals surface area (Å²) in [5.41, 5.74) is -0.368. The molecule has 0 fully saturated rings. The van der Waals surface area contributed by atoms with Gasteiger partial charge < -0.3 is 4.74 Å². The molecule has 0 saturated heterocycles. The lowest BCUT2D eigenvalue weighted by Crippen LogP contribution is -2.50. The lowest BCUT2D eigenvalue weighted by Gasteiger charge is -2.42. The summed E-state index contributed by atoms with van der Waals surface area (Å²) in [5, 5.41) is 0. The van der Waals surface area contributed by atoms with Crippen LogP contribution in [-0.2, 0) is 16.8 Å². The third-order valence-electron chi connectivity index (χ3n) is 4.11. The van der Waals surface area contributed by atoms with Gasteiger partial charge in [-0.05, 0) is 18.4 Å². The highest BCUT2D eigenvalue weighted by Gasteiger charge is 2.61. The van der Waals surface area contributed by atoms with Crippen LogP contribution in [0.2, 0.25) is 0 Å². The molecule has 2 aliphatic rings. The van der Waals surface area contributed by atoms with Crippen molar-refractivity contribution in [2.24, 2.45) is 10.9 Å². The Labute approximate surface area is 140 Å². The summed E-state index contributed by atoms with van der Waals surface area (Å²) in [6, 6.07) is 6.88. The molecule has 0 N–H and O–H groups in total. The first-order valence-corrected chi connectivity index (χ1v) is 7.74. The van der Waals surface area contributed by atoms with E-state index in [0.717, 1.165) is 5.56 Å². The number of aryl methyl sites for hydroxylation is 1. The molecule has 1 heterocycles. The third kappa shape index (κ3) is 2.57. The van der Waals surface area contributed by atoms with E-state index in [1.165, 1.54) is 0 Å². The van der Waals surface area contributed by atoms with Gasteiger partial charge in [-0.3, -0.25) is 0 Å². The molecule has 1 spiro atoms. The van der Waals surface area contributed by atoms with E-state index in [1.54, 1.807) is 24.3 Å². The minimum atomic E-state index is -4.42. The molecule has 120 valence electrons. The van der Waals surface area contributed by atoms with Crippen LogP contribution in [0, 0.1) is 5.92 Å². The van der Waals surface area contributed by atoms with Gasteiger partial charge in [0.05, 0.1) is 6.54 Å². The SMILES string of the molecule is FC(F)(F)[C@H]1CCc2ccccc2[C@@]12CN=C(C(Cl)(Cl)Cl)O2. The Balaban J connectivity index is 2.09. The lowest BCUT2D eigenvalue weighted by atomic mass is 9.71. The Bertz CT molecular complexity index is 626. The van der Waals surface area contributed by atoms with Crippen molar-refractivity contribution in [1.29, 1.82) is 0 Å². The molecule has 1 aliphatic carbocycles. The maximum atomic E-state index is 13.5. The van der Waals surface area contributed by atoms with Gasteiger partial charge >= 0.3 is 6.18 Å². The minimum Gasteiger partial charge on any atom is -0.464 e. The van der Waals surface area contributed by atoms with Crippen molar-refractivity contribution in [3.63, 3.8) is 0 Å². The van der Waals surface area contributed by atoms with Crippen LogP contribution in [0.3, 0.4) is 0 Å². The standard InChI is InChI=1S/C14H11Cl3F3NO/c15-13(16,17)11-21-7-12(22-11)9-4-2-1-3-8(9)5-6-10(12)14(18,19)20/h1-4,10H,5-7H2/t10-,12-/m0/s1. The van der Waals surface area contributed by atoms with Crippen LogP contribution < -0.4 is 0 Å². The quantitative estimate of drug-likeness (QED) is 0.599. The van der Waals surface area contributed by atoms with Gasteiger partial charge in [0.25, 0.3) is 3.79 Å². The number of aliphatic imine (C=N–C) groups is 1. The lowest BCUT2D eigenvalue weighted by molar-refractivity contribution is -0.225. The zero-order chi connectivity index (χ0) is 16.2. The van der Waals surface area contributed by atoms with E-state index >= 15 is 0 Å². The maximum Gasteiger partial charge on any atom is 0.396 e. The molecule has 1 aromatic carbocycles. The number of fused-ring (bicyclic) bond motifs is 2. The number of hydrogen-bond acceptors (Lipinski definition) is 2. The largest absolute Gasteiger partial charge is 0.464 e. The summed E-state index contributed by atoms with van der Waals surface area (Å²) in [4.78, 5) is 3.95. The number of alkyl halides is 6. The van der Waals surface area contributed by atoms with Crippen molar-refractivity contribution in [3.05, 3.63) is 35.4 Å². The van der Waals surface area contributed by atoms with Crippen molar-refractivity contribution < 1.29 is 17.9 Å². The van der Waals surface area contributed by atoms with Crippen LogP contribution in [0.15, 0.2) is 29.3 Å². The van der Waals surface area contributed by atoms with Crippen LogP contribution in [0.1, 0.15) is 17.5 Å². The maximum absolute atomic E-state index is 13.5. The van der Waals surface area contributed by atoms with E-state index in [0.29, 0.717) is 12.0 Å². The van der Waals surface area contributed by atoms with Crippen molar-refractivity contribution in [2.45, 2.75) is 28.4 Å². The molecule has 1 aliphatic heterocycles. The average Bonchev–Trinajstić information content (AvgIpc) is 2.83. The first kappa shape index (κ1) is 16.2. The second-order valence-corrected chi connectivity index (χ2v) is 7.68. The number of ether oxygens (including phenoxy) is 1. The second kappa shape index (κ2) is 5.18. The van der Waals surface area contributed by atoms with Crippen LogP contribution in [0.5, 0.6) is 0 Å². The third-order valence-corrected chi connectivity index (χ3v) is 4.60. The predicted octanol–water partition coefficient (Wildman–Crippen LogP) is 4.81. The fraction of sp³-hybridized carbons (Fsp3) is 0.500. The van der Waals surface area contributed by atoms with Crippen LogP contribution in [0.4, 0.5) is 13.2 Å². The molecule has 0 saturated carbocycles. The fourth-order valence-electron chi connectivity index (χ4n) is 3.20. The highest BCUT2D eigenvalue weighted by molar-refractivity contribution is 6.76. The van der Waals surface area contributed by atoms with Gasteiger partial charge in [0, 0.05) is 5.56 Å². The zero-order valence-corrected chi connectivity index (χ0v) is 13.4. The van der Waals surface area contributed by atoms with Gasteiger partial charge in [-0.2, -0.15) is 13.2 Å². The van der Waals surface area contributed by atoms with E-state index < -0.39 is 21.5 Å². The van der Waals surface area contributed by atoms with Gasteiger partial charge in [-0.15, -0.1) is 0 Å². The molecule has 2 atom stereocenters. The topological polar surface area (TPSA) is 21.6 Å². The van der Waals surface area contributed by atoms with E-state index in [-0.39, 0.29) is 18.9 Å². The molecule has 3 rings (SSSR count). The van der Waals surface area contributed by atoms with Crippen LogP contribution >= 0.6 is 34.8 Å². The molecule has 0 radical (unpaired) electrons. The Morgan fingerprint density at radius 3 is 2.45 bits per heavy atom. The molecule has 0 bridgehead atoms. The number of hydrogen-bond donors (Lipinski definition) is 0. The van der Waals surface area contributed by atoms with Crippen LogP contribution in [-0.4, -0.2) is 22.4 Å². The first-order valence-electron chi connectivity index (χ1n) is 6.60. The van der Waals surface area contributed by atoms with Gasteiger partial charge in [-0.25, -0.2) is 4.99 Å². The number of nitrogens with zero attached hydrogens (tertiary/aromatic N) is 1. The molecular formula is C14H11Cl3F3NO. The molecule has 0 aromatic heterocycles. The Hall–Kier alpha value is -0.650. The number of benzene rings is 1. The molecule has 22 heavy (non-hydrogen) atoms. The molecule has 1 aromatic rings. The smallest absolute Gasteiger partial charge is 0.396 e. The van der Waals surface area contributed by atoms with E-state index in [9.17, 15) is 13.2 Å². The van der Waals surface area contributed by atoms with Crippen molar-refractivity contribution >= 4 is 40.7 Å². The van der Waals surface area contributed by atoms with Crippen molar-refractivity contribution in [3.8, 4) is 0 Å². The summed E-state index contributed by atoms with van der Waals surface area (Å²) < 4.78 is 44.2. The zero-order valence-electron chi connectivity index (χ0n) is 11.1.